The quantitative estimate of drug-likeness (QED) is 0.787. The minimum absolute atomic E-state index is 0.294. The molecule has 0 aromatic rings. The van der Waals surface area contributed by atoms with E-state index < -0.39 is 0 Å². The summed E-state index contributed by atoms with van der Waals surface area (Å²) < 4.78 is 0. The van der Waals surface area contributed by atoms with Crippen molar-refractivity contribution in [1.82, 2.24) is 10.6 Å². The molecule has 3 nitrogen and oxygen atoms in total. The summed E-state index contributed by atoms with van der Waals surface area (Å²) in [5.74, 6) is 1.42. The van der Waals surface area contributed by atoms with Crippen LogP contribution in [-0.4, -0.2) is 25.0 Å². The number of hydrogen-bond acceptors (Lipinski definition) is 2. The average Bonchev–Trinajstić information content (AvgIpc) is 2.83. The first kappa shape index (κ1) is 12.9. The van der Waals surface area contributed by atoms with Crippen LogP contribution in [-0.2, 0) is 4.79 Å². The van der Waals surface area contributed by atoms with Crippen LogP contribution in [0, 0.1) is 11.8 Å². The molecule has 3 heteroatoms. The normalized spacial score (nSPS) is 33.6. The van der Waals surface area contributed by atoms with Crippen LogP contribution in [0.5, 0.6) is 0 Å². The Morgan fingerprint density at radius 3 is 2.65 bits per heavy atom. The highest BCUT2D eigenvalue weighted by atomic mass is 16.1. The molecule has 1 heterocycles. The monoisotopic (exact) mass is 238 g/mol. The van der Waals surface area contributed by atoms with E-state index in [1.165, 1.54) is 25.7 Å². The molecule has 17 heavy (non-hydrogen) atoms. The van der Waals surface area contributed by atoms with Gasteiger partial charge in [0.25, 0.3) is 0 Å². The Bertz CT molecular complexity index is 241. The maximum absolute atomic E-state index is 11.9. The van der Waals surface area contributed by atoms with Crippen LogP contribution in [0.3, 0.4) is 0 Å². The zero-order valence-electron chi connectivity index (χ0n) is 11.0. The lowest BCUT2D eigenvalue weighted by Gasteiger charge is -2.25. The molecule has 1 atom stereocenters. The van der Waals surface area contributed by atoms with Crippen molar-refractivity contribution >= 4 is 5.91 Å². The van der Waals surface area contributed by atoms with Gasteiger partial charge in [0.2, 0.25) is 5.91 Å². The first-order valence-corrected chi connectivity index (χ1v) is 7.27. The van der Waals surface area contributed by atoms with Crippen molar-refractivity contribution < 1.29 is 4.79 Å². The maximum Gasteiger partial charge on any atom is 0.223 e. The first-order valence-electron chi connectivity index (χ1n) is 7.27. The highest BCUT2D eigenvalue weighted by molar-refractivity contribution is 5.78. The highest BCUT2D eigenvalue weighted by Crippen LogP contribution is 2.28. The topological polar surface area (TPSA) is 41.1 Å². The van der Waals surface area contributed by atoms with Crippen LogP contribution in [0.1, 0.15) is 51.9 Å². The van der Waals surface area contributed by atoms with Crippen molar-refractivity contribution in [3.63, 3.8) is 0 Å². The van der Waals surface area contributed by atoms with Crippen molar-refractivity contribution in [2.75, 3.05) is 13.1 Å². The fraction of sp³-hybridized carbons (Fsp3) is 0.929. The van der Waals surface area contributed by atoms with E-state index in [1.807, 2.05) is 0 Å². The van der Waals surface area contributed by atoms with E-state index in [0.717, 1.165) is 38.3 Å². The number of hydrogen-bond donors (Lipinski definition) is 2. The lowest BCUT2D eigenvalue weighted by Crippen LogP contribution is -2.35. The van der Waals surface area contributed by atoms with Gasteiger partial charge in [0.1, 0.15) is 0 Å². The van der Waals surface area contributed by atoms with Crippen LogP contribution in [0.15, 0.2) is 0 Å². The van der Waals surface area contributed by atoms with E-state index in [4.69, 9.17) is 0 Å². The van der Waals surface area contributed by atoms with Gasteiger partial charge in [0.15, 0.2) is 0 Å². The smallest absolute Gasteiger partial charge is 0.223 e. The second kappa shape index (κ2) is 6.39. The Labute approximate surface area is 105 Å². The summed E-state index contributed by atoms with van der Waals surface area (Å²) in [4.78, 5) is 11.9. The Balaban J connectivity index is 1.60. The molecule has 1 aliphatic carbocycles. The largest absolute Gasteiger partial charge is 0.356 e. The summed E-state index contributed by atoms with van der Waals surface area (Å²) in [5.41, 5.74) is 0. The van der Waals surface area contributed by atoms with Gasteiger partial charge >= 0.3 is 0 Å². The molecule has 1 amide bonds. The molecule has 0 aromatic carbocycles. The molecule has 0 radical (unpaired) electrons. The van der Waals surface area contributed by atoms with Gasteiger partial charge in [-0.3, -0.25) is 4.79 Å². The molecule has 1 saturated heterocycles. The first-order chi connectivity index (χ1) is 8.25. The summed E-state index contributed by atoms with van der Waals surface area (Å²) in [6.45, 7) is 4.29. The van der Waals surface area contributed by atoms with Gasteiger partial charge in [-0.05, 0) is 57.4 Å². The lowest BCUT2D eigenvalue weighted by atomic mass is 9.82. The van der Waals surface area contributed by atoms with Crippen molar-refractivity contribution in [3.8, 4) is 0 Å². The highest BCUT2D eigenvalue weighted by Gasteiger charge is 2.24. The van der Waals surface area contributed by atoms with E-state index in [1.54, 1.807) is 0 Å². The zero-order valence-corrected chi connectivity index (χ0v) is 11.0. The molecular formula is C14H26N2O. The number of amides is 1. The third-order valence-electron chi connectivity index (χ3n) is 4.34. The standard InChI is InChI=1S/C14H26N2O/c1-11-4-6-12(7-5-11)14(17)16-10-8-13-3-2-9-15-13/h11-13,15H,2-10H2,1H3,(H,16,17)/t11?,12?,13-/m0/s1. The van der Waals surface area contributed by atoms with Gasteiger partial charge in [-0.2, -0.15) is 0 Å². The van der Waals surface area contributed by atoms with E-state index in [0.29, 0.717) is 17.9 Å². The Hall–Kier alpha value is -0.570. The van der Waals surface area contributed by atoms with Crippen LogP contribution in [0.4, 0.5) is 0 Å². The molecule has 1 aliphatic heterocycles. The van der Waals surface area contributed by atoms with Crippen molar-refractivity contribution in [1.29, 1.82) is 0 Å². The molecule has 0 aromatic heterocycles. The van der Waals surface area contributed by atoms with E-state index in [2.05, 4.69) is 17.6 Å². The van der Waals surface area contributed by atoms with Gasteiger partial charge in [-0.25, -0.2) is 0 Å². The van der Waals surface area contributed by atoms with Gasteiger partial charge in [0.05, 0.1) is 0 Å². The lowest BCUT2D eigenvalue weighted by molar-refractivity contribution is -0.126. The summed E-state index contributed by atoms with van der Waals surface area (Å²) in [6, 6.07) is 0.640. The predicted molar refractivity (Wildman–Crippen MR) is 69.8 cm³/mol. The summed E-state index contributed by atoms with van der Waals surface area (Å²) in [5, 5.41) is 6.58. The van der Waals surface area contributed by atoms with Crippen molar-refractivity contribution in [2.24, 2.45) is 11.8 Å². The SMILES string of the molecule is CC1CCC(C(=O)NCC[C@@H]2CCCN2)CC1. The molecule has 0 unspecified atom stereocenters. The number of rotatable bonds is 4. The summed E-state index contributed by atoms with van der Waals surface area (Å²) >= 11 is 0. The molecule has 2 rings (SSSR count). The molecule has 2 aliphatic rings. The second-order valence-electron chi connectivity index (χ2n) is 5.83. The van der Waals surface area contributed by atoms with Gasteiger partial charge < -0.3 is 10.6 Å². The molecule has 0 bridgehead atoms. The van der Waals surface area contributed by atoms with Crippen LogP contribution >= 0.6 is 0 Å². The van der Waals surface area contributed by atoms with Crippen LogP contribution < -0.4 is 10.6 Å². The third kappa shape index (κ3) is 3.98. The Kier molecular flexibility index (Phi) is 4.84. The molecule has 98 valence electrons. The molecule has 0 spiro atoms. The molecule has 2 fully saturated rings. The summed E-state index contributed by atoms with van der Waals surface area (Å²) in [6.07, 6.45) is 8.29. The maximum atomic E-state index is 11.9. The van der Waals surface area contributed by atoms with Crippen molar-refractivity contribution in [3.05, 3.63) is 0 Å². The average molecular weight is 238 g/mol. The molecule has 1 saturated carbocycles. The number of nitrogens with one attached hydrogen (secondary N) is 2. The van der Waals surface area contributed by atoms with Gasteiger partial charge in [-0.15, -0.1) is 0 Å². The third-order valence-corrected chi connectivity index (χ3v) is 4.34. The second-order valence-corrected chi connectivity index (χ2v) is 5.83. The van der Waals surface area contributed by atoms with Gasteiger partial charge in [-0.1, -0.05) is 6.92 Å². The van der Waals surface area contributed by atoms with Crippen LogP contribution in [0.25, 0.3) is 0 Å². The van der Waals surface area contributed by atoms with E-state index in [-0.39, 0.29) is 0 Å². The fourth-order valence-electron chi connectivity index (χ4n) is 3.04. The predicted octanol–water partition coefficient (Wildman–Crippen LogP) is 2.07. The Morgan fingerprint density at radius 1 is 1.24 bits per heavy atom. The number of carbonyl (C=O) groups excluding carboxylic acids is 1. The minimum Gasteiger partial charge on any atom is -0.356 e. The number of carbonyl (C=O) groups is 1. The van der Waals surface area contributed by atoms with Crippen LogP contribution in [0.2, 0.25) is 0 Å². The Morgan fingerprint density at radius 2 is 2.00 bits per heavy atom. The van der Waals surface area contributed by atoms with E-state index in [9.17, 15) is 4.79 Å². The fourth-order valence-corrected chi connectivity index (χ4v) is 3.04. The molecule has 2 N–H and O–H groups in total. The minimum atomic E-state index is 0.294. The van der Waals surface area contributed by atoms with Gasteiger partial charge in [0, 0.05) is 18.5 Å². The van der Waals surface area contributed by atoms with Crippen molar-refractivity contribution in [2.45, 2.75) is 57.9 Å². The molecular weight excluding hydrogens is 212 g/mol. The summed E-state index contributed by atoms with van der Waals surface area (Å²) in [7, 11) is 0. The zero-order chi connectivity index (χ0) is 12.1. The van der Waals surface area contributed by atoms with E-state index >= 15 is 0 Å².